The number of nitrogens with one attached hydrogen (secondary N) is 1. The average molecular weight is 207 g/mol. The van der Waals surface area contributed by atoms with Crippen molar-refractivity contribution in [3.8, 4) is 0 Å². The quantitative estimate of drug-likeness (QED) is 0.811. The highest BCUT2D eigenvalue weighted by molar-refractivity contribution is 4.98. The molecule has 4 heteroatoms. The predicted molar refractivity (Wildman–Crippen MR) is 57.4 cm³/mol. The number of ether oxygens (including phenoxy) is 1. The zero-order valence-electron chi connectivity index (χ0n) is 9.02. The van der Waals surface area contributed by atoms with Crippen LogP contribution in [0.4, 0.5) is 0 Å². The van der Waals surface area contributed by atoms with Gasteiger partial charge < -0.3 is 10.1 Å². The van der Waals surface area contributed by atoms with Crippen molar-refractivity contribution in [3.63, 3.8) is 0 Å². The van der Waals surface area contributed by atoms with Crippen molar-refractivity contribution in [1.82, 2.24) is 15.3 Å². The van der Waals surface area contributed by atoms with E-state index < -0.39 is 0 Å². The van der Waals surface area contributed by atoms with Gasteiger partial charge in [-0.2, -0.15) is 0 Å². The number of piperidine rings is 1. The molecule has 1 N–H and O–H groups in total. The molecule has 0 bridgehead atoms. The van der Waals surface area contributed by atoms with E-state index in [0.29, 0.717) is 6.10 Å². The van der Waals surface area contributed by atoms with Crippen LogP contribution in [0.3, 0.4) is 0 Å². The first-order chi connectivity index (χ1) is 7.36. The fourth-order valence-electron chi connectivity index (χ4n) is 1.81. The van der Waals surface area contributed by atoms with Crippen LogP contribution >= 0.6 is 0 Å². The second-order valence-electron chi connectivity index (χ2n) is 3.86. The van der Waals surface area contributed by atoms with Gasteiger partial charge in [-0.15, -0.1) is 0 Å². The van der Waals surface area contributed by atoms with E-state index in [1.54, 1.807) is 18.6 Å². The highest BCUT2D eigenvalue weighted by atomic mass is 16.5. The van der Waals surface area contributed by atoms with Gasteiger partial charge in [-0.3, -0.25) is 9.97 Å². The first-order valence-corrected chi connectivity index (χ1v) is 5.48. The zero-order chi connectivity index (χ0) is 10.5. The van der Waals surface area contributed by atoms with Crippen molar-refractivity contribution in [2.45, 2.75) is 32.0 Å². The molecular formula is C11H17N3O. The van der Waals surface area contributed by atoms with Crippen LogP contribution in [0.5, 0.6) is 0 Å². The molecule has 0 spiro atoms. The molecule has 0 radical (unpaired) electrons. The Labute approximate surface area is 90.1 Å². The molecule has 0 aliphatic carbocycles. The van der Waals surface area contributed by atoms with E-state index >= 15 is 0 Å². The fourth-order valence-corrected chi connectivity index (χ4v) is 1.81. The van der Waals surface area contributed by atoms with E-state index in [0.717, 1.165) is 31.6 Å². The topological polar surface area (TPSA) is 47.0 Å². The summed E-state index contributed by atoms with van der Waals surface area (Å²) in [6.45, 7) is 4.14. The highest BCUT2D eigenvalue weighted by Gasteiger charge is 2.17. The SMILES string of the molecule is C[C@H](OC1CCNCC1)c1cnccn1. The zero-order valence-corrected chi connectivity index (χ0v) is 9.02. The van der Waals surface area contributed by atoms with Crippen LogP contribution in [0.25, 0.3) is 0 Å². The van der Waals surface area contributed by atoms with Crippen molar-refractivity contribution in [2.24, 2.45) is 0 Å². The number of nitrogens with zero attached hydrogens (tertiary/aromatic N) is 2. The van der Waals surface area contributed by atoms with E-state index in [4.69, 9.17) is 4.74 Å². The Kier molecular flexibility index (Phi) is 3.64. The van der Waals surface area contributed by atoms with Crippen molar-refractivity contribution in [1.29, 1.82) is 0 Å². The minimum atomic E-state index is 0.0433. The normalized spacial score (nSPS) is 20.1. The van der Waals surface area contributed by atoms with Gasteiger partial charge in [0.05, 0.1) is 24.1 Å². The summed E-state index contributed by atoms with van der Waals surface area (Å²) in [4.78, 5) is 8.29. The van der Waals surface area contributed by atoms with Crippen LogP contribution < -0.4 is 5.32 Å². The third-order valence-corrected chi connectivity index (χ3v) is 2.68. The Bertz CT molecular complexity index is 285. The lowest BCUT2D eigenvalue weighted by atomic mass is 10.1. The number of hydrogen-bond donors (Lipinski definition) is 1. The molecule has 2 heterocycles. The Balaban J connectivity index is 1.88. The molecule has 1 aliphatic rings. The number of aromatic nitrogens is 2. The predicted octanol–water partition coefficient (Wildman–Crippen LogP) is 1.31. The van der Waals surface area contributed by atoms with Crippen LogP contribution in [0.15, 0.2) is 18.6 Å². The van der Waals surface area contributed by atoms with Crippen LogP contribution in [-0.2, 0) is 4.74 Å². The second kappa shape index (κ2) is 5.19. The van der Waals surface area contributed by atoms with Gasteiger partial charge in [-0.05, 0) is 32.9 Å². The summed E-state index contributed by atoms with van der Waals surface area (Å²) in [5.41, 5.74) is 0.913. The maximum absolute atomic E-state index is 5.93. The van der Waals surface area contributed by atoms with E-state index in [1.165, 1.54) is 0 Å². The maximum atomic E-state index is 5.93. The smallest absolute Gasteiger partial charge is 0.0985 e. The van der Waals surface area contributed by atoms with E-state index in [-0.39, 0.29) is 6.10 Å². The summed E-state index contributed by atoms with van der Waals surface area (Å²) < 4.78 is 5.93. The monoisotopic (exact) mass is 207 g/mol. The number of hydrogen-bond acceptors (Lipinski definition) is 4. The Hall–Kier alpha value is -1.00. The minimum absolute atomic E-state index is 0.0433. The summed E-state index contributed by atoms with van der Waals surface area (Å²) in [5, 5.41) is 3.32. The first kappa shape index (κ1) is 10.5. The molecule has 0 unspecified atom stereocenters. The molecule has 0 saturated carbocycles. The molecule has 1 saturated heterocycles. The Morgan fingerprint density at radius 2 is 2.20 bits per heavy atom. The Morgan fingerprint density at radius 1 is 1.40 bits per heavy atom. The van der Waals surface area contributed by atoms with Gasteiger partial charge in [0, 0.05) is 12.4 Å². The van der Waals surface area contributed by atoms with E-state index in [1.807, 2.05) is 6.92 Å². The molecule has 1 aliphatic heterocycles. The van der Waals surface area contributed by atoms with E-state index in [9.17, 15) is 0 Å². The van der Waals surface area contributed by atoms with Crippen molar-refractivity contribution >= 4 is 0 Å². The number of rotatable bonds is 3. The lowest BCUT2D eigenvalue weighted by Gasteiger charge is -2.25. The molecular weight excluding hydrogens is 190 g/mol. The first-order valence-electron chi connectivity index (χ1n) is 5.48. The third-order valence-electron chi connectivity index (χ3n) is 2.68. The summed E-state index contributed by atoms with van der Waals surface area (Å²) in [6.07, 6.45) is 7.74. The van der Waals surface area contributed by atoms with Gasteiger partial charge in [0.25, 0.3) is 0 Å². The summed E-state index contributed by atoms with van der Waals surface area (Å²) >= 11 is 0. The molecule has 82 valence electrons. The van der Waals surface area contributed by atoms with Crippen LogP contribution in [-0.4, -0.2) is 29.2 Å². The highest BCUT2D eigenvalue weighted by Crippen LogP contribution is 2.19. The van der Waals surface area contributed by atoms with Crippen molar-refractivity contribution in [3.05, 3.63) is 24.3 Å². The second-order valence-corrected chi connectivity index (χ2v) is 3.86. The Morgan fingerprint density at radius 3 is 2.87 bits per heavy atom. The molecule has 4 nitrogen and oxygen atoms in total. The van der Waals surface area contributed by atoms with Gasteiger partial charge in [0.15, 0.2) is 0 Å². The molecule has 1 atom stereocenters. The van der Waals surface area contributed by atoms with Crippen molar-refractivity contribution in [2.75, 3.05) is 13.1 Å². The molecule has 0 aromatic carbocycles. The molecule has 2 rings (SSSR count). The van der Waals surface area contributed by atoms with E-state index in [2.05, 4.69) is 15.3 Å². The summed E-state index contributed by atoms with van der Waals surface area (Å²) in [7, 11) is 0. The molecule has 1 fully saturated rings. The molecule has 15 heavy (non-hydrogen) atoms. The van der Waals surface area contributed by atoms with Gasteiger partial charge in [0.2, 0.25) is 0 Å². The minimum Gasteiger partial charge on any atom is -0.369 e. The lowest BCUT2D eigenvalue weighted by molar-refractivity contribution is -0.0207. The van der Waals surface area contributed by atoms with Crippen LogP contribution in [0.1, 0.15) is 31.6 Å². The fraction of sp³-hybridized carbons (Fsp3) is 0.636. The summed E-state index contributed by atoms with van der Waals surface area (Å²) in [6, 6.07) is 0. The molecule has 1 aromatic heterocycles. The van der Waals surface area contributed by atoms with Crippen LogP contribution in [0, 0.1) is 0 Å². The largest absolute Gasteiger partial charge is 0.369 e. The summed E-state index contributed by atoms with van der Waals surface area (Å²) in [5.74, 6) is 0. The molecule has 0 amide bonds. The van der Waals surface area contributed by atoms with Crippen LogP contribution in [0.2, 0.25) is 0 Å². The van der Waals surface area contributed by atoms with Crippen molar-refractivity contribution < 1.29 is 4.74 Å². The maximum Gasteiger partial charge on any atom is 0.0985 e. The standard InChI is InChI=1S/C11H17N3O/c1-9(11-8-13-6-7-14-11)15-10-2-4-12-5-3-10/h6-10,12H,2-5H2,1H3/t9-/m0/s1. The molecule has 1 aromatic rings. The van der Waals surface area contributed by atoms with Gasteiger partial charge in [-0.25, -0.2) is 0 Å². The van der Waals surface area contributed by atoms with Gasteiger partial charge in [0.1, 0.15) is 0 Å². The third kappa shape index (κ3) is 2.97. The average Bonchev–Trinajstić information content (AvgIpc) is 2.31. The lowest BCUT2D eigenvalue weighted by Crippen LogP contribution is -2.33. The van der Waals surface area contributed by atoms with Gasteiger partial charge in [-0.1, -0.05) is 0 Å². The van der Waals surface area contributed by atoms with Gasteiger partial charge >= 0.3 is 0 Å².